The van der Waals surface area contributed by atoms with Gasteiger partial charge in [0, 0.05) is 12.4 Å². The van der Waals surface area contributed by atoms with Crippen LogP contribution in [0.5, 0.6) is 0 Å². The van der Waals surface area contributed by atoms with Crippen molar-refractivity contribution >= 4 is 29.0 Å². The van der Waals surface area contributed by atoms with Gasteiger partial charge in [-0.1, -0.05) is 11.6 Å². The Bertz CT molecular complexity index is 807. The highest BCUT2D eigenvalue weighted by Crippen LogP contribution is 2.50. The molecule has 2 saturated carbocycles. The normalized spacial score (nSPS) is 25.7. The number of amides is 2. The van der Waals surface area contributed by atoms with Crippen LogP contribution in [-0.4, -0.2) is 28.1 Å². The molecule has 0 bridgehead atoms. The summed E-state index contributed by atoms with van der Waals surface area (Å²) in [5.41, 5.74) is 3.06. The minimum Gasteiger partial charge on any atom is -0.289 e. The maximum Gasteiger partial charge on any atom is 0.329 e. The van der Waals surface area contributed by atoms with Gasteiger partial charge in [-0.15, -0.1) is 0 Å². The molecule has 0 unspecified atom stereocenters. The number of aromatic nitrogens is 2. The third-order valence-electron chi connectivity index (χ3n) is 4.90. The molecule has 3 fully saturated rings. The van der Waals surface area contributed by atoms with E-state index >= 15 is 0 Å². The van der Waals surface area contributed by atoms with Crippen LogP contribution >= 0.6 is 11.6 Å². The largest absolute Gasteiger partial charge is 0.329 e. The second-order valence-electron chi connectivity index (χ2n) is 6.44. The minimum absolute atomic E-state index is 0.0171. The van der Waals surface area contributed by atoms with Crippen LogP contribution in [0, 0.1) is 0 Å². The van der Waals surface area contributed by atoms with Crippen molar-refractivity contribution in [3.05, 3.63) is 47.5 Å². The first kappa shape index (κ1) is 13.3. The predicted molar refractivity (Wildman–Crippen MR) is 88.0 cm³/mol. The number of hydrogen-bond acceptors (Lipinski definition) is 3. The first-order valence-electron chi connectivity index (χ1n) is 7.92. The molecule has 0 N–H and O–H groups in total. The topological polar surface area (TPSA) is 49.3 Å². The van der Waals surface area contributed by atoms with Crippen molar-refractivity contribution < 1.29 is 4.79 Å². The fourth-order valence-electron chi connectivity index (χ4n) is 3.59. The summed E-state index contributed by atoms with van der Waals surface area (Å²) in [4.78, 5) is 25.1. The van der Waals surface area contributed by atoms with Crippen LogP contribution in [0.25, 0.3) is 0 Å². The molecule has 2 amide bonds. The summed E-state index contributed by atoms with van der Waals surface area (Å²) in [5, 5.41) is 0.408. The lowest BCUT2D eigenvalue weighted by atomic mass is 10.1. The zero-order valence-electron chi connectivity index (χ0n) is 12.4. The monoisotopic (exact) mass is 326 g/mol. The summed E-state index contributed by atoms with van der Waals surface area (Å²) in [6.45, 7) is 0. The Hall–Kier alpha value is -2.14. The molecule has 5 rings (SSSR count). The second kappa shape index (κ2) is 4.68. The van der Waals surface area contributed by atoms with E-state index in [0.29, 0.717) is 11.1 Å². The Morgan fingerprint density at radius 3 is 2.74 bits per heavy atom. The summed E-state index contributed by atoms with van der Waals surface area (Å²) >= 11 is 5.99. The fraction of sp³-hybridized carbons (Fsp3) is 0.353. The standard InChI is InChI=1S/C17H15ClN4O/c18-16-7-11(3-6-20-16)21-13-8-14(13)22(17(21)23)15-9-19-5-4-12(15)10-1-2-10/h3-7,9-10,13-14H,1-2,8H2/t13-,14-/m0/s1. The average Bonchev–Trinajstić information content (AvgIpc) is 3.45. The van der Waals surface area contributed by atoms with E-state index in [2.05, 4.69) is 16.0 Å². The van der Waals surface area contributed by atoms with E-state index in [-0.39, 0.29) is 18.1 Å². The fourth-order valence-corrected chi connectivity index (χ4v) is 3.76. The Balaban J connectivity index is 1.54. The summed E-state index contributed by atoms with van der Waals surface area (Å²) < 4.78 is 0. The third-order valence-corrected chi connectivity index (χ3v) is 5.10. The Kier molecular flexibility index (Phi) is 2.71. The van der Waals surface area contributed by atoms with Gasteiger partial charge in [0.25, 0.3) is 0 Å². The van der Waals surface area contributed by atoms with E-state index in [1.807, 2.05) is 28.3 Å². The lowest BCUT2D eigenvalue weighted by molar-refractivity contribution is 0.254. The van der Waals surface area contributed by atoms with Crippen molar-refractivity contribution in [2.24, 2.45) is 0 Å². The maximum atomic E-state index is 13.0. The van der Waals surface area contributed by atoms with Crippen LogP contribution in [0.15, 0.2) is 36.8 Å². The van der Waals surface area contributed by atoms with E-state index in [0.717, 1.165) is 17.8 Å². The van der Waals surface area contributed by atoms with Crippen molar-refractivity contribution in [1.82, 2.24) is 9.97 Å². The number of urea groups is 1. The summed E-state index contributed by atoms with van der Waals surface area (Å²) in [6, 6.07) is 6.15. The predicted octanol–water partition coefficient (Wildman–Crippen LogP) is 3.59. The van der Waals surface area contributed by atoms with Crippen LogP contribution in [0.4, 0.5) is 16.2 Å². The van der Waals surface area contributed by atoms with E-state index in [1.165, 1.54) is 18.4 Å². The number of rotatable bonds is 3. The molecule has 0 aromatic carbocycles. The van der Waals surface area contributed by atoms with Crippen molar-refractivity contribution in [2.45, 2.75) is 37.3 Å². The molecule has 2 aromatic rings. The number of fused-ring (bicyclic) bond motifs is 1. The lowest BCUT2D eigenvalue weighted by Gasteiger charge is -2.25. The molecule has 116 valence electrons. The van der Waals surface area contributed by atoms with Gasteiger partial charge < -0.3 is 0 Å². The van der Waals surface area contributed by atoms with Crippen molar-refractivity contribution in [1.29, 1.82) is 0 Å². The molecule has 3 aliphatic rings. The van der Waals surface area contributed by atoms with Crippen LogP contribution in [0.3, 0.4) is 0 Å². The van der Waals surface area contributed by atoms with E-state index < -0.39 is 0 Å². The number of nitrogens with zero attached hydrogens (tertiary/aromatic N) is 4. The number of halogens is 1. The smallest absolute Gasteiger partial charge is 0.289 e. The van der Waals surface area contributed by atoms with Crippen LogP contribution < -0.4 is 9.80 Å². The molecule has 2 aliphatic carbocycles. The van der Waals surface area contributed by atoms with Gasteiger partial charge in [-0.25, -0.2) is 9.78 Å². The second-order valence-corrected chi connectivity index (χ2v) is 6.83. The van der Waals surface area contributed by atoms with Crippen LogP contribution in [0.1, 0.15) is 30.7 Å². The average molecular weight is 327 g/mol. The molecule has 3 heterocycles. The van der Waals surface area contributed by atoms with Crippen LogP contribution in [-0.2, 0) is 0 Å². The molecular formula is C17H15ClN4O. The summed E-state index contributed by atoms with van der Waals surface area (Å²) in [5.74, 6) is 0.586. The van der Waals surface area contributed by atoms with Crippen LogP contribution in [0.2, 0.25) is 5.15 Å². The highest BCUT2D eigenvalue weighted by molar-refractivity contribution is 6.29. The van der Waals surface area contributed by atoms with Gasteiger partial charge in [-0.2, -0.15) is 0 Å². The molecule has 1 saturated heterocycles. The molecular weight excluding hydrogens is 312 g/mol. The van der Waals surface area contributed by atoms with Gasteiger partial charge in [0.2, 0.25) is 0 Å². The number of anilines is 2. The number of pyridine rings is 2. The van der Waals surface area contributed by atoms with Gasteiger partial charge in [-0.3, -0.25) is 14.8 Å². The third kappa shape index (κ3) is 2.03. The lowest BCUT2D eigenvalue weighted by Crippen LogP contribution is -2.37. The Morgan fingerprint density at radius 2 is 1.96 bits per heavy atom. The zero-order valence-corrected chi connectivity index (χ0v) is 13.1. The zero-order chi connectivity index (χ0) is 15.6. The van der Waals surface area contributed by atoms with E-state index in [9.17, 15) is 4.79 Å². The quantitative estimate of drug-likeness (QED) is 0.810. The Labute approximate surface area is 138 Å². The molecule has 23 heavy (non-hydrogen) atoms. The van der Waals surface area contributed by atoms with Gasteiger partial charge in [0.15, 0.2) is 0 Å². The molecule has 2 atom stereocenters. The SMILES string of the molecule is O=C1N(c2ccnc(Cl)c2)[C@H]2C[C@@H]2N1c1cnccc1C1CC1. The van der Waals surface area contributed by atoms with Gasteiger partial charge in [0.1, 0.15) is 5.15 Å². The summed E-state index contributed by atoms with van der Waals surface area (Å²) in [7, 11) is 0. The molecule has 0 radical (unpaired) electrons. The Morgan fingerprint density at radius 1 is 1.13 bits per heavy atom. The molecule has 0 spiro atoms. The molecule has 6 heteroatoms. The van der Waals surface area contributed by atoms with E-state index in [1.54, 1.807) is 12.3 Å². The van der Waals surface area contributed by atoms with Gasteiger partial charge >= 0.3 is 6.03 Å². The van der Waals surface area contributed by atoms with Crippen molar-refractivity contribution in [2.75, 3.05) is 9.80 Å². The molecule has 2 aromatic heterocycles. The number of hydrogen-bond donors (Lipinski definition) is 0. The highest BCUT2D eigenvalue weighted by Gasteiger charge is 2.58. The minimum atomic E-state index is 0.0171. The van der Waals surface area contributed by atoms with Gasteiger partial charge in [-0.05, 0) is 48.9 Å². The van der Waals surface area contributed by atoms with Crippen molar-refractivity contribution in [3.8, 4) is 0 Å². The number of carbonyl (C=O) groups is 1. The summed E-state index contributed by atoms with van der Waals surface area (Å²) in [6.07, 6.45) is 8.70. The molecule has 5 nitrogen and oxygen atoms in total. The first-order valence-corrected chi connectivity index (χ1v) is 8.30. The number of carbonyl (C=O) groups excluding carboxylic acids is 1. The van der Waals surface area contributed by atoms with E-state index in [4.69, 9.17) is 11.6 Å². The van der Waals surface area contributed by atoms with Crippen molar-refractivity contribution in [3.63, 3.8) is 0 Å². The maximum absolute atomic E-state index is 13.0. The first-order chi connectivity index (χ1) is 11.2. The molecule has 1 aliphatic heterocycles. The highest BCUT2D eigenvalue weighted by atomic mass is 35.5. The van der Waals surface area contributed by atoms with Gasteiger partial charge in [0.05, 0.1) is 29.7 Å².